The maximum absolute atomic E-state index is 12.3. The van der Waals surface area contributed by atoms with Gasteiger partial charge in [-0.3, -0.25) is 4.79 Å². The van der Waals surface area contributed by atoms with Gasteiger partial charge in [0, 0.05) is 5.92 Å². The fraction of sp³-hybridized carbons (Fsp3) is 0.800. The molecule has 2 aliphatic rings. The van der Waals surface area contributed by atoms with Crippen molar-refractivity contribution < 1.29 is 14.1 Å². The van der Waals surface area contributed by atoms with Gasteiger partial charge in [0.25, 0.3) is 0 Å². The van der Waals surface area contributed by atoms with Crippen LogP contribution in [0.5, 0.6) is 0 Å². The maximum Gasteiger partial charge on any atom is 0.321 e. The highest BCUT2D eigenvalue weighted by atomic mass is 16.5. The van der Waals surface area contributed by atoms with Crippen molar-refractivity contribution in [1.82, 2.24) is 10.1 Å². The van der Waals surface area contributed by atoms with E-state index in [1.54, 1.807) is 0 Å². The summed E-state index contributed by atoms with van der Waals surface area (Å²) in [6, 6.07) is 0. The van der Waals surface area contributed by atoms with Gasteiger partial charge in [-0.15, -0.1) is 0 Å². The summed E-state index contributed by atoms with van der Waals surface area (Å²) in [5.41, 5.74) is -0.436. The van der Waals surface area contributed by atoms with Crippen molar-refractivity contribution in [3.8, 4) is 0 Å². The van der Waals surface area contributed by atoms with Crippen molar-refractivity contribution in [1.29, 1.82) is 0 Å². The Morgan fingerprint density at radius 3 is 2.60 bits per heavy atom. The molecule has 20 heavy (non-hydrogen) atoms. The average molecular weight is 278 g/mol. The second-order valence-electron chi connectivity index (χ2n) is 6.71. The third-order valence-corrected chi connectivity index (χ3v) is 4.80. The summed E-state index contributed by atoms with van der Waals surface area (Å²) in [6.45, 7) is 6.61. The van der Waals surface area contributed by atoms with Crippen molar-refractivity contribution in [3.05, 3.63) is 11.7 Å². The highest BCUT2D eigenvalue weighted by molar-refractivity contribution is 5.82. The van der Waals surface area contributed by atoms with Crippen LogP contribution in [-0.4, -0.2) is 22.7 Å². The molecule has 0 aromatic carbocycles. The van der Waals surface area contributed by atoms with Crippen LogP contribution in [0.4, 0.5) is 0 Å². The van der Waals surface area contributed by atoms with Gasteiger partial charge in [-0.1, -0.05) is 31.8 Å². The third-order valence-electron chi connectivity index (χ3n) is 4.80. The van der Waals surface area contributed by atoms with Crippen molar-refractivity contribution in [2.75, 3.05) is 6.61 Å². The monoisotopic (exact) mass is 278 g/mol. The van der Waals surface area contributed by atoms with Crippen molar-refractivity contribution >= 4 is 5.97 Å². The normalized spacial score (nSPS) is 26.4. The van der Waals surface area contributed by atoms with Gasteiger partial charge in [-0.25, -0.2) is 0 Å². The van der Waals surface area contributed by atoms with E-state index in [-0.39, 0.29) is 11.4 Å². The molecule has 0 spiro atoms. The van der Waals surface area contributed by atoms with Crippen LogP contribution in [0.15, 0.2) is 4.52 Å². The van der Waals surface area contributed by atoms with Crippen LogP contribution in [0.1, 0.15) is 70.5 Å². The number of hydrogen-bond acceptors (Lipinski definition) is 5. The second kappa shape index (κ2) is 4.57. The van der Waals surface area contributed by atoms with Crippen LogP contribution in [0.25, 0.3) is 0 Å². The van der Waals surface area contributed by atoms with Gasteiger partial charge in [-0.2, -0.15) is 4.98 Å². The highest BCUT2D eigenvalue weighted by Crippen LogP contribution is 2.58. The van der Waals surface area contributed by atoms with E-state index in [9.17, 15) is 4.79 Å². The van der Waals surface area contributed by atoms with E-state index in [0.29, 0.717) is 18.4 Å². The molecule has 0 aliphatic heterocycles. The summed E-state index contributed by atoms with van der Waals surface area (Å²) < 4.78 is 10.7. The molecular weight excluding hydrogens is 256 g/mol. The average Bonchev–Trinajstić information content (AvgIpc) is 2.86. The van der Waals surface area contributed by atoms with Gasteiger partial charge in [-0.05, 0) is 31.6 Å². The molecule has 5 nitrogen and oxygen atoms in total. The highest BCUT2D eigenvalue weighted by Gasteiger charge is 2.52. The zero-order valence-corrected chi connectivity index (χ0v) is 12.4. The molecule has 3 rings (SSSR count). The molecule has 0 radical (unpaired) electrons. The van der Waals surface area contributed by atoms with E-state index >= 15 is 0 Å². The van der Waals surface area contributed by atoms with Gasteiger partial charge < -0.3 is 9.26 Å². The number of esters is 1. The van der Waals surface area contributed by atoms with E-state index in [2.05, 4.69) is 24.0 Å². The van der Waals surface area contributed by atoms with Gasteiger partial charge >= 0.3 is 5.97 Å². The van der Waals surface area contributed by atoms with Crippen molar-refractivity contribution in [3.63, 3.8) is 0 Å². The van der Waals surface area contributed by atoms with Gasteiger partial charge in [0.05, 0.1) is 6.61 Å². The summed E-state index contributed by atoms with van der Waals surface area (Å²) in [4.78, 5) is 16.9. The predicted octanol–water partition coefficient (Wildman–Crippen LogP) is 2.96. The summed E-state index contributed by atoms with van der Waals surface area (Å²) >= 11 is 0. The Kier molecular flexibility index (Phi) is 3.10. The van der Waals surface area contributed by atoms with Crippen LogP contribution in [-0.2, 0) is 14.9 Å². The Labute approximate surface area is 119 Å². The summed E-state index contributed by atoms with van der Waals surface area (Å²) in [7, 11) is 0. The van der Waals surface area contributed by atoms with Crippen LogP contribution < -0.4 is 0 Å². The molecular formula is C15H22N2O3. The van der Waals surface area contributed by atoms with Crippen molar-refractivity contribution in [2.24, 2.45) is 5.41 Å². The Bertz CT molecular complexity index is 515. The first kappa shape index (κ1) is 13.6. The molecule has 1 unspecified atom stereocenters. The van der Waals surface area contributed by atoms with Crippen LogP contribution in [0, 0.1) is 5.41 Å². The van der Waals surface area contributed by atoms with Crippen LogP contribution in [0.3, 0.4) is 0 Å². The first-order chi connectivity index (χ1) is 9.49. The van der Waals surface area contributed by atoms with E-state index in [0.717, 1.165) is 37.9 Å². The molecule has 110 valence electrons. The third kappa shape index (κ3) is 2.03. The minimum absolute atomic E-state index is 0.206. The SMILES string of the molecule is CCOC(=O)C1(c2nc(C3CC3(C)C)no2)CCCC1. The largest absolute Gasteiger partial charge is 0.465 e. The maximum atomic E-state index is 12.3. The summed E-state index contributed by atoms with van der Waals surface area (Å²) in [6.07, 6.45) is 4.60. The number of carbonyl (C=O) groups excluding carboxylic acids is 1. The quantitative estimate of drug-likeness (QED) is 0.792. The second-order valence-corrected chi connectivity index (χ2v) is 6.71. The first-order valence-corrected chi connectivity index (χ1v) is 7.51. The molecule has 2 fully saturated rings. The molecule has 1 aromatic heterocycles. The van der Waals surface area contributed by atoms with Crippen molar-refractivity contribution in [2.45, 2.75) is 64.2 Å². The lowest BCUT2D eigenvalue weighted by atomic mass is 9.86. The molecule has 0 N–H and O–H groups in total. The van der Waals surface area contributed by atoms with E-state index in [1.165, 1.54) is 0 Å². The Morgan fingerprint density at radius 1 is 1.40 bits per heavy atom. The molecule has 1 heterocycles. The predicted molar refractivity (Wildman–Crippen MR) is 72.2 cm³/mol. The number of ether oxygens (including phenoxy) is 1. The van der Waals surface area contributed by atoms with E-state index in [4.69, 9.17) is 9.26 Å². The molecule has 5 heteroatoms. The minimum Gasteiger partial charge on any atom is -0.465 e. The van der Waals surface area contributed by atoms with Crippen LogP contribution in [0.2, 0.25) is 0 Å². The minimum atomic E-state index is -0.694. The molecule has 2 aliphatic carbocycles. The standard InChI is InChI=1S/C15H22N2O3/c1-4-19-13(18)15(7-5-6-8-15)12-16-11(17-20-12)10-9-14(10,2)3/h10H,4-9H2,1-3H3. The number of hydrogen-bond donors (Lipinski definition) is 0. The molecule has 1 atom stereocenters. The smallest absolute Gasteiger partial charge is 0.321 e. The number of aromatic nitrogens is 2. The zero-order valence-electron chi connectivity index (χ0n) is 12.4. The molecule has 0 saturated heterocycles. The first-order valence-electron chi connectivity index (χ1n) is 7.51. The Morgan fingerprint density at radius 2 is 2.05 bits per heavy atom. The Hall–Kier alpha value is -1.39. The number of nitrogens with zero attached hydrogens (tertiary/aromatic N) is 2. The molecule has 2 saturated carbocycles. The fourth-order valence-corrected chi connectivity index (χ4v) is 3.23. The molecule has 0 amide bonds. The Balaban J connectivity index is 1.87. The number of carbonyl (C=O) groups is 1. The van der Waals surface area contributed by atoms with Crippen LogP contribution >= 0.6 is 0 Å². The zero-order chi connectivity index (χ0) is 14.4. The summed E-state index contributed by atoms with van der Waals surface area (Å²) in [5.74, 6) is 1.37. The lowest BCUT2D eigenvalue weighted by Crippen LogP contribution is -2.35. The topological polar surface area (TPSA) is 65.2 Å². The molecule has 0 bridgehead atoms. The van der Waals surface area contributed by atoms with Gasteiger partial charge in [0.1, 0.15) is 5.41 Å². The van der Waals surface area contributed by atoms with E-state index in [1.807, 2.05) is 6.92 Å². The van der Waals surface area contributed by atoms with Gasteiger partial charge in [0.2, 0.25) is 5.89 Å². The lowest BCUT2D eigenvalue weighted by molar-refractivity contribution is -0.151. The lowest BCUT2D eigenvalue weighted by Gasteiger charge is -2.21. The van der Waals surface area contributed by atoms with E-state index < -0.39 is 5.41 Å². The number of rotatable bonds is 4. The fourth-order valence-electron chi connectivity index (χ4n) is 3.23. The molecule has 1 aromatic rings. The van der Waals surface area contributed by atoms with Gasteiger partial charge in [0.15, 0.2) is 5.82 Å². The summed E-state index contributed by atoms with van der Waals surface area (Å²) in [5, 5.41) is 4.11.